The van der Waals surface area contributed by atoms with Gasteiger partial charge < -0.3 is 4.98 Å². The van der Waals surface area contributed by atoms with Gasteiger partial charge in [-0.1, -0.05) is 20.8 Å². The Hall–Kier alpha value is -1.36. The molecule has 5 heteroatoms. The standard InChI is InChI=1S/C13H18N2O2S/c1-13(2,3)8-12-14-10-6-5-9(18(4,16)17)7-11(10)15-12/h5-7H,8H2,1-4H3,(H,14,15). The second kappa shape index (κ2) is 4.09. The molecule has 1 heterocycles. The third-order valence-electron chi connectivity index (χ3n) is 2.63. The van der Waals surface area contributed by atoms with Crippen LogP contribution in [0.15, 0.2) is 23.1 Å². The number of H-pyrrole nitrogens is 1. The van der Waals surface area contributed by atoms with Crippen LogP contribution in [0.5, 0.6) is 0 Å². The van der Waals surface area contributed by atoms with Crippen LogP contribution < -0.4 is 0 Å². The molecule has 1 aromatic carbocycles. The van der Waals surface area contributed by atoms with Gasteiger partial charge in [0.05, 0.1) is 15.9 Å². The Bertz CT molecular complexity index is 679. The number of aromatic nitrogens is 2. The number of sulfone groups is 1. The van der Waals surface area contributed by atoms with E-state index in [4.69, 9.17) is 0 Å². The lowest BCUT2D eigenvalue weighted by molar-refractivity contribution is 0.402. The SMILES string of the molecule is CC(C)(C)Cc1nc2ccc(S(C)(=O)=O)cc2[nH]1. The summed E-state index contributed by atoms with van der Waals surface area (Å²) in [7, 11) is -3.17. The van der Waals surface area contributed by atoms with Gasteiger partial charge in [-0.3, -0.25) is 0 Å². The van der Waals surface area contributed by atoms with Crippen molar-refractivity contribution in [3.05, 3.63) is 24.0 Å². The van der Waals surface area contributed by atoms with Gasteiger partial charge in [0, 0.05) is 12.7 Å². The quantitative estimate of drug-likeness (QED) is 0.908. The molecule has 0 aliphatic rings. The minimum absolute atomic E-state index is 0.146. The van der Waals surface area contributed by atoms with Gasteiger partial charge in [0.1, 0.15) is 5.82 Å². The lowest BCUT2D eigenvalue weighted by atomic mass is 9.92. The lowest BCUT2D eigenvalue weighted by Gasteiger charge is -2.15. The molecule has 0 saturated heterocycles. The molecule has 0 aliphatic heterocycles. The normalized spacial score (nSPS) is 13.1. The van der Waals surface area contributed by atoms with Crippen molar-refractivity contribution >= 4 is 20.9 Å². The van der Waals surface area contributed by atoms with Gasteiger partial charge in [-0.05, 0) is 23.6 Å². The number of aromatic amines is 1. The molecule has 0 unspecified atom stereocenters. The maximum atomic E-state index is 11.5. The molecule has 0 saturated carbocycles. The van der Waals surface area contributed by atoms with E-state index in [0.29, 0.717) is 4.90 Å². The highest BCUT2D eigenvalue weighted by molar-refractivity contribution is 7.90. The van der Waals surface area contributed by atoms with E-state index in [1.807, 2.05) is 0 Å². The van der Waals surface area contributed by atoms with Gasteiger partial charge >= 0.3 is 0 Å². The summed E-state index contributed by atoms with van der Waals surface area (Å²) in [6.45, 7) is 6.42. The summed E-state index contributed by atoms with van der Waals surface area (Å²) in [5, 5.41) is 0. The van der Waals surface area contributed by atoms with Gasteiger partial charge in [-0.2, -0.15) is 0 Å². The Morgan fingerprint density at radius 2 is 1.94 bits per heavy atom. The van der Waals surface area contributed by atoms with Crippen molar-refractivity contribution in [2.75, 3.05) is 6.26 Å². The van der Waals surface area contributed by atoms with Crippen LogP contribution in [0.3, 0.4) is 0 Å². The Kier molecular flexibility index (Phi) is 2.97. The van der Waals surface area contributed by atoms with E-state index in [9.17, 15) is 8.42 Å². The summed E-state index contributed by atoms with van der Waals surface area (Å²) in [4.78, 5) is 7.98. The molecule has 0 spiro atoms. The van der Waals surface area contributed by atoms with Crippen molar-refractivity contribution < 1.29 is 8.42 Å². The molecule has 1 N–H and O–H groups in total. The fraction of sp³-hybridized carbons (Fsp3) is 0.462. The zero-order valence-corrected chi connectivity index (χ0v) is 11.9. The van der Waals surface area contributed by atoms with Crippen LogP contribution in [0.1, 0.15) is 26.6 Å². The predicted molar refractivity (Wildman–Crippen MR) is 72.4 cm³/mol. The van der Waals surface area contributed by atoms with E-state index >= 15 is 0 Å². The number of nitrogens with zero attached hydrogens (tertiary/aromatic N) is 1. The van der Waals surface area contributed by atoms with Crippen molar-refractivity contribution in [3.63, 3.8) is 0 Å². The number of fused-ring (bicyclic) bond motifs is 1. The van der Waals surface area contributed by atoms with Crippen molar-refractivity contribution in [1.82, 2.24) is 9.97 Å². The molecule has 0 atom stereocenters. The molecule has 98 valence electrons. The largest absolute Gasteiger partial charge is 0.342 e. The van der Waals surface area contributed by atoms with Crippen LogP contribution in [0.4, 0.5) is 0 Å². The highest BCUT2D eigenvalue weighted by Crippen LogP contribution is 2.22. The van der Waals surface area contributed by atoms with E-state index in [-0.39, 0.29) is 5.41 Å². The first-order valence-electron chi connectivity index (χ1n) is 5.84. The summed E-state index contributed by atoms with van der Waals surface area (Å²) in [6.07, 6.45) is 2.04. The summed E-state index contributed by atoms with van der Waals surface area (Å²) >= 11 is 0. The topological polar surface area (TPSA) is 62.8 Å². The number of hydrogen-bond donors (Lipinski definition) is 1. The molecular formula is C13H18N2O2S. The zero-order chi connectivity index (χ0) is 13.6. The van der Waals surface area contributed by atoms with E-state index in [1.165, 1.54) is 6.26 Å². The van der Waals surface area contributed by atoms with Gasteiger partial charge in [0.2, 0.25) is 0 Å². The molecule has 2 aromatic rings. The van der Waals surface area contributed by atoms with E-state index < -0.39 is 9.84 Å². The van der Waals surface area contributed by atoms with E-state index in [1.54, 1.807) is 18.2 Å². The second-order valence-corrected chi connectivity index (χ2v) is 7.89. The molecule has 0 radical (unpaired) electrons. The van der Waals surface area contributed by atoms with Crippen LogP contribution in [0, 0.1) is 5.41 Å². The Balaban J connectivity index is 2.46. The highest BCUT2D eigenvalue weighted by Gasteiger charge is 2.15. The van der Waals surface area contributed by atoms with Gasteiger partial charge in [-0.25, -0.2) is 13.4 Å². The van der Waals surface area contributed by atoms with Crippen LogP contribution in [0.2, 0.25) is 0 Å². The first kappa shape index (κ1) is 13.1. The van der Waals surface area contributed by atoms with Gasteiger partial charge in [0.25, 0.3) is 0 Å². The predicted octanol–water partition coefficient (Wildman–Crippen LogP) is 2.56. The molecule has 18 heavy (non-hydrogen) atoms. The summed E-state index contributed by atoms with van der Waals surface area (Å²) in [5.41, 5.74) is 1.73. The van der Waals surface area contributed by atoms with Gasteiger partial charge in [0.15, 0.2) is 9.84 Å². The molecule has 0 aliphatic carbocycles. The summed E-state index contributed by atoms with van der Waals surface area (Å²) in [6, 6.07) is 4.98. The molecule has 0 fully saturated rings. The maximum Gasteiger partial charge on any atom is 0.175 e. The van der Waals surface area contributed by atoms with Crippen LogP contribution in [-0.2, 0) is 16.3 Å². The number of rotatable bonds is 2. The second-order valence-electron chi connectivity index (χ2n) is 5.87. The Morgan fingerprint density at radius 1 is 1.28 bits per heavy atom. The van der Waals surface area contributed by atoms with E-state index in [0.717, 1.165) is 23.3 Å². The summed E-state index contributed by atoms with van der Waals surface area (Å²) < 4.78 is 23.0. The number of hydrogen-bond acceptors (Lipinski definition) is 3. The van der Waals surface area contributed by atoms with Crippen molar-refractivity contribution in [3.8, 4) is 0 Å². The number of benzene rings is 1. The zero-order valence-electron chi connectivity index (χ0n) is 11.1. The minimum atomic E-state index is -3.17. The van der Waals surface area contributed by atoms with Crippen LogP contribution in [-0.4, -0.2) is 24.6 Å². The van der Waals surface area contributed by atoms with Crippen molar-refractivity contribution in [2.24, 2.45) is 5.41 Å². The van der Waals surface area contributed by atoms with Crippen molar-refractivity contribution in [1.29, 1.82) is 0 Å². The third kappa shape index (κ3) is 2.90. The first-order valence-corrected chi connectivity index (χ1v) is 7.73. The minimum Gasteiger partial charge on any atom is -0.342 e. The third-order valence-corrected chi connectivity index (χ3v) is 3.74. The maximum absolute atomic E-state index is 11.5. The number of nitrogens with one attached hydrogen (secondary N) is 1. The Labute approximate surface area is 107 Å². The number of imidazole rings is 1. The fourth-order valence-corrected chi connectivity index (χ4v) is 2.51. The summed E-state index contributed by atoms with van der Waals surface area (Å²) in [5.74, 6) is 0.892. The molecule has 0 bridgehead atoms. The molecule has 4 nitrogen and oxygen atoms in total. The fourth-order valence-electron chi connectivity index (χ4n) is 1.86. The van der Waals surface area contributed by atoms with Crippen LogP contribution >= 0.6 is 0 Å². The Morgan fingerprint density at radius 3 is 2.50 bits per heavy atom. The van der Waals surface area contributed by atoms with Crippen molar-refractivity contribution in [2.45, 2.75) is 32.1 Å². The molecule has 1 aromatic heterocycles. The molecular weight excluding hydrogens is 248 g/mol. The average Bonchev–Trinajstić information content (AvgIpc) is 2.53. The monoisotopic (exact) mass is 266 g/mol. The van der Waals surface area contributed by atoms with Crippen LogP contribution in [0.25, 0.3) is 11.0 Å². The average molecular weight is 266 g/mol. The van der Waals surface area contributed by atoms with Gasteiger partial charge in [-0.15, -0.1) is 0 Å². The van der Waals surface area contributed by atoms with E-state index in [2.05, 4.69) is 30.7 Å². The molecule has 0 amide bonds. The smallest absolute Gasteiger partial charge is 0.175 e. The highest BCUT2D eigenvalue weighted by atomic mass is 32.2. The lowest BCUT2D eigenvalue weighted by Crippen LogP contribution is -2.10. The first-order chi connectivity index (χ1) is 8.15. The molecule has 2 rings (SSSR count).